The predicted octanol–water partition coefficient (Wildman–Crippen LogP) is -2.34. The van der Waals surface area contributed by atoms with E-state index in [1.165, 1.54) is 0 Å². The summed E-state index contributed by atoms with van der Waals surface area (Å²) in [5, 5.41) is 70.1. The van der Waals surface area contributed by atoms with Gasteiger partial charge >= 0.3 is 0 Å². The summed E-state index contributed by atoms with van der Waals surface area (Å²) < 4.78 is 27.1. The lowest BCUT2D eigenvalue weighted by Gasteiger charge is -2.45. The van der Waals surface area contributed by atoms with Crippen molar-refractivity contribution in [3.8, 4) is 5.75 Å². The molecule has 7 N–H and O–H groups in total. The van der Waals surface area contributed by atoms with E-state index in [2.05, 4.69) is 0 Å². The van der Waals surface area contributed by atoms with Crippen LogP contribution in [0.1, 0.15) is 18.4 Å². The van der Waals surface area contributed by atoms with Crippen molar-refractivity contribution in [1.82, 2.24) is 0 Å². The van der Waals surface area contributed by atoms with Gasteiger partial charge in [-0.3, -0.25) is 0 Å². The highest BCUT2D eigenvalue weighted by Crippen LogP contribution is 2.29. The number of rotatable bonds is 11. The molecule has 3 rings (SSSR count). The molecule has 2 heterocycles. The fraction of sp³-hybridized carbons (Fsp3) is 0.739. The first-order chi connectivity index (χ1) is 16.8. The second kappa shape index (κ2) is 13.2. The SMILES string of the molecule is COc1ccc(CCCCO[C@@H]2O[C@H](CO)[C@@H](O[C@@H]3O[C@H](CO)[C@H](O)[C@H](O)[C@H]3O)[C@H](O)[C@H]2O)cc1. The van der Waals surface area contributed by atoms with E-state index in [9.17, 15) is 35.7 Å². The molecule has 12 nitrogen and oxygen atoms in total. The van der Waals surface area contributed by atoms with Crippen molar-refractivity contribution in [3.05, 3.63) is 29.8 Å². The maximum absolute atomic E-state index is 10.6. The van der Waals surface area contributed by atoms with Crippen molar-refractivity contribution in [2.75, 3.05) is 26.9 Å². The number of aliphatic hydroxyl groups excluding tert-OH is 7. The van der Waals surface area contributed by atoms with E-state index >= 15 is 0 Å². The first kappa shape index (κ1) is 28.2. The average Bonchev–Trinajstić information content (AvgIpc) is 2.88. The van der Waals surface area contributed by atoms with Crippen molar-refractivity contribution in [1.29, 1.82) is 0 Å². The third kappa shape index (κ3) is 6.87. The van der Waals surface area contributed by atoms with E-state index in [4.69, 9.17) is 23.7 Å². The van der Waals surface area contributed by atoms with Gasteiger partial charge in [0.05, 0.1) is 20.3 Å². The van der Waals surface area contributed by atoms with Crippen LogP contribution in [0.25, 0.3) is 0 Å². The van der Waals surface area contributed by atoms with Crippen LogP contribution in [-0.4, -0.2) is 124 Å². The highest BCUT2D eigenvalue weighted by atomic mass is 16.7. The predicted molar refractivity (Wildman–Crippen MR) is 118 cm³/mol. The first-order valence-corrected chi connectivity index (χ1v) is 11.6. The number of hydrogen-bond donors (Lipinski definition) is 7. The minimum absolute atomic E-state index is 0.237. The summed E-state index contributed by atoms with van der Waals surface area (Å²) >= 11 is 0. The topological polar surface area (TPSA) is 188 Å². The number of hydrogen-bond acceptors (Lipinski definition) is 12. The van der Waals surface area contributed by atoms with Gasteiger partial charge in [0.2, 0.25) is 0 Å². The molecule has 0 radical (unpaired) electrons. The Morgan fingerprint density at radius 2 is 1.37 bits per heavy atom. The molecule has 0 aliphatic carbocycles. The van der Waals surface area contributed by atoms with E-state index < -0.39 is 74.6 Å². The molecule has 12 heteroatoms. The maximum atomic E-state index is 10.6. The van der Waals surface area contributed by atoms with Gasteiger partial charge in [0.1, 0.15) is 54.6 Å². The first-order valence-electron chi connectivity index (χ1n) is 11.6. The van der Waals surface area contributed by atoms with E-state index in [-0.39, 0.29) is 6.61 Å². The lowest BCUT2D eigenvalue weighted by Crippen LogP contribution is -2.64. The van der Waals surface area contributed by atoms with E-state index in [1.54, 1.807) is 7.11 Å². The Bertz CT molecular complexity index is 745. The molecule has 200 valence electrons. The number of benzene rings is 1. The fourth-order valence-corrected chi connectivity index (χ4v) is 4.12. The monoisotopic (exact) mass is 504 g/mol. The Hall–Kier alpha value is -1.42. The zero-order valence-corrected chi connectivity index (χ0v) is 19.5. The van der Waals surface area contributed by atoms with Crippen LogP contribution in [0.5, 0.6) is 5.75 Å². The number of ether oxygens (including phenoxy) is 5. The third-order valence-corrected chi connectivity index (χ3v) is 6.26. The molecule has 2 saturated heterocycles. The number of aryl methyl sites for hydroxylation is 1. The van der Waals surface area contributed by atoms with Crippen molar-refractivity contribution in [3.63, 3.8) is 0 Å². The Morgan fingerprint density at radius 3 is 2.00 bits per heavy atom. The molecule has 0 amide bonds. The van der Waals surface area contributed by atoms with Gasteiger partial charge in [-0.15, -0.1) is 0 Å². The summed E-state index contributed by atoms with van der Waals surface area (Å²) in [7, 11) is 1.61. The standard InChI is InChI=1S/C23H36O12/c1-31-13-7-5-12(6-8-13)4-2-3-9-32-22-20(30)18(28)21(15(11-25)34-22)35-23-19(29)17(27)16(26)14(10-24)33-23/h5-8,14-30H,2-4,9-11H2,1H3/t14-,15-,16+,17+,18-,19-,20-,21-,22-,23+/m1/s1. The Labute approximate surface area is 203 Å². The molecule has 0 bridgehead atoms. The van der Waals surface area contributed by atoms with E-state index in [0.29, 0.717) is 6.42 Å². The van der Waals surface area contributed by atoms with Gasteiger partial charge in [-0.1, -0.05) is 12.1 Å². The molecular formula is C23H36O12. The zero-order valence-electron chi connectivity index (χ0n) is 19.5. The Morgan fingerprint density at radius 1 is 0.743 bits per heavy atom. The molecule has 2 aliphatic rings. The van der Waals surface area contributed by atoms with Crippen LogP contribution >= 0.6 is 0 Å². The minimum Gasteiger partial charge on any atom is -0.497 e. The smallest absolute Gasteiger partial charge is 0.187 e. The normalized spacial score (nSPS) is 37.8. The van der Waals surface area contributed by atoms with Crippen molar-refractivity contribution < 1.29 is 59.4 Å². The van der Waals surface area contributed by atoms with Gasteiger partial charge in [-0.05, 0) is 37.0 Å². The molecular weight excluding hydrogens is 468 g/mol. The molecule has 2 aliphatic heterocycles. The van der Waals surface area contributed by atoms with Gasteiger partial charge in [-0.2, -0.15) is 0 Å². The molecule has 35 heavy (non-hydrogen) atoms. The number of aliphatic hydroxyl groups is 7. The van der Waals surface area contributed by atoms with E-state index in [0.717, 1.165) is 24.2 Å². The summed E-state index contributed by atoms with van der Waals surface area (Å²) in [6, 6.07) is 7.73. The number of methoxy groups -OCH3 is 1. The number of unbranched alkanes of at least 4 members (excludes halogenated alkanes) is 1. The third-order valence-electron chi connectivity index (χ3n) is 6.26. The molecule has 10 atom stereocenters. The molecule has 2 fully saturated rings. The quantitative estimate of drug-likeness (QED) is 0.159. The Balaban J connectivity index is 1.49. The van der Waals surface area contributed by atoms with Crippen LogP contribution in [0, 0.1) is 0 Å². The maximum Gasteiger partial charge on any atom is 0.187 e. The largest absolute Gasteiger partial charge is 0.497 e. The molecule has 1 aromatic rings. The van der Waals surface area contributed by atoms with Gasteiger partial charge in [-0.25, -0.2) is 0 Å². The van der Waals surface area contributed by atoms with Crippen molar-refractivity contribution >= 4 is 0 Å². The van der Waals surface area contributed by atoms with Gasteiger partial charge in [0.25, 0.3) is 0 Å². The average molecular weight is 505 g/mol. The molecule has 0 unspecified atom stereocenters. The van der Waals surface area contributed by atoms with Crippen LogP contribution in [0.3, 0.4) is 0 Å². The van der Waals surface area contributed by atoms with Crippen LogP contribution in [0.15, 0.2) is 24.3 Å². The fourth-order valence-electron chi connectivity index (χ4n) is 4.12. The van der Waals surface area contributed by atoms with Gasteiger partial charge in [0.15, 0.2) is 12.6 Å². The van der Waals surface area contributed by atoms with Crippen LogP contribution in [-0.2, 0) is 25.4 Å². The van der Waals surface area contributed by atoms with Crippen LogP contribution < -0.4 is 4.74 Å². The second-order valence-corrected chi connectivity index (χ2v) is 8.68. The van der Waals surface area contributed by atoms with Crippen molar-refractivity contribution in [2.24, 2.45) is 0 Å². The highest BCUT2D eigenvalue weighted by molar-refractivity contribution is 5.27. The molecule has 0 spiro atoms. The van der Waals surface area contributed by atoms with Gasteiger partial charge in [0, 0.05) is 6.61 Å². The van der Waals surface area contributed by atoms with Crippen molar-refractivity contribution in [2.45, 2.75) is 80.7 Å². The summed E-state index contributed by atoms with van der Waals surface area (Å²) in [6.45, 7) is -1.03. The lowest BCUT2D eigenvalue weighted by molar-refractivity contribution is -0.359. The zero-order chi connectivity index (χ0) is 25.5. The minimum atomic E-state index is -1.71. The lowest BCUT2D eigenvalue weighted by atomic mass is 9.97. The highest BCUT2D eigenvalue weighted by Gasteiger charge is 2.50. The molecule has 1 aromatic carbocycles. The van der Waals surface area contributed by atoms with Crippen LogP contribution in [0.4, 0.5) is 0 Å². The van der Waals surface area contributed by atoms with Gasteiger partial charge < -0.3 is 59.4 Å². The molecule has 0 aromatic heterocycles. The summed E-state index contributed by atoms with van der Waals surface area (Å²) in [6.07, 6.45) is -12.3. The second-order valence-electron chi connectivity index (χ2n) is 8.68. The van der Waals surface area contributed by atoms with Crippen LogP contribution in [0.2, 0.25) is 0 Å². The summed E-state index contributed by atoms with van der Waals surface area (Å²) in [4.78, 5) is 0. The Kier molecular flexibility index (Phi) is 10.6. The molecule has 0 saturated carbocycles. The summed E-state index contributed by atoms with van der Waals surface area (Å²) in [5.74, 6) is 0.784. The van der Waals surface area contributed by atoms with E-state index in [1.807, 2.05) is 24.3 Å². The summed E-state index contributed by atoms with van der Waals surface area (Å²) in [5.41, 5.74) is 1.14.